The van der Waals surface area contributed by atoms with Crippen molar-refractivity contribution in [1.29, 1.82) is 0 Å². The minimum Gasteiger partial charge on any atom is -0.493 e. The Labute approximate surface area is 285 Å². The van der Waals surface area contributed by atoms with Gasteiger partial charge in [-0.3, -0.25) is 4.79 Å². The lowest BCUT2D eigenvalue weighted by molar-refractivity contribution is 0.0780. The average molecular weight is 654 g/mol. The first-order valence-corrected chi connectivity index (χ1v) is 17.0. The van der Waals surface area contributed by atoms with E-state index in [1.54, 1.807) is 14.2 Å². The zero-order valence-electron chi connectivity index (χ0n) is 29.2. The number of likely N-dealkylation sites (tertiary alicyclic amines) is 1. The number of allylic oxidation sites excluding steroid dienone is 2. The molecule has 0 aliphatic carbocycles. The molecule has 9 heteroatoms. The Kier molecular flexibility index (Phi) is 11.1. The molecule has 0 bridgehead atoms. The molecule has 48 heavy (non-hydrogen) atoms. The Morgan fingerprint density at radius 3 is 2.46 bits per heavy atom. The quantitative estimate of drug-likeness (QED) is 0.198. The van der Waals surface area contributed by atoms with Gasteiger partial charge in [0, 0.05) is 50.2 Å². The molecule has 3 heterocycles. The number of fused-ring (bicyclic) bond motifs is 1. The highest BCUT2D eigenvalue weighted by atomic mass is 16.5. The first kappa shape index (κ1) is 35.0. The van der Waals surface area contributed by atoms with Gasteiger partial charge in [-0.2, -0.15) is 0 Å². The van der Waals surface area contributed by atoms with E-state index >= 15 is 0 Å². The standard InChI is InChI=1S/C39H49N5O3.H2O/c1-29(2)16-21-44-34-15-10-9-14-33(34)40-38(44)42-20-11-19-41(24-25-42)22-17-39(32-12-7-6-8-13-32)18-23-43(28-39)37(45)31-26-30(3)36(47-5)35(27-31)46-4;/h6-10,12-16,26-27H,11,17-25,28H2,1-5H3;1H2. The number of methoxy groups -OCH3 is 2. The van der Waals surface area contributed by atoms with Gasteiger partial charge in [0.2, 0.25) is 5.95 Å². The van der Waals surface area contributed by atoms with Crippen molar-refractivity contribution in [3.8, 4) is 11.5 Å². The van der Waals surface area contributed by atoms with Crippen LogP contribution < -0.4 is 14.4 Å². The number of imidazole rings is 1. The number of anilines is 1. The summed E-state index contributed by atoms with van der Waals surface area (Å²) in [5.74, 6) is 2.38. The van der Waals surface area contributed by atoms with Crippen molar-refractivity contribution >= 4 is 22.9 Å². The molecule has 2 N–H and O–H groups in total. The highest BCUT2D eigenvalue weighted by molar-refractivity contribution is 5.95. The van der Waals surface area contributed by atoms with Crippen LogP contribution in [0.2, 0.25) is 0 Å². The summed E-state index contributed by atoms with van der Waals surface area (Å²) in [6, 6.07) is 23.0. The van der Waals surface area contributed by atoms with Gasteiger partial charge in [0.15, 0.2) is 11.5 Å². The zero-order valence-corrected chi connectivity index (χ0v) is 29.2. The van der Waals surface area contributed by atoms with E-state index in [0.29, 0.717) is 23.6 Å². The van der Waals surface area contributed by atoms with E-state index in [4.69, 9.17) is 14.5 Å². The fourth-order valence-corrected chi connectivity index (χ4v) is 7.41. The number of amides is 1. The van der Waals surface area contributed by atoms with Gasteiger partial charge in [0.1, 0.15) is 0 Å². The maximum absolute atomic E-state index is 13.9. The summed E-state index contributed by atoms with van der Waals surface area (Å²) < 4.78 is 13.5. The molecule has 3 aromatic carbocycles. The van der Waals surface area contributed by atoms with Crippen LogP contribution in [-0.4, -0.2) is 90.8 Å². The van der Waals surface area contributed by atoms with Gasteiger partial charge in [-0.1, -0.05) is 54.1 Å². The Morgan fingerprint density at radius 2 is 1.71 bits per heavy atom. The van der Waals surface area contributed by atoms with Gasteiger partial charge in [-0.15, -0.1) is 0 Å². The van der Waals surface area contributed by atoms with Crippen LogP contribution in [0.3, 0.4) is 0 Å². The topological polar surface area (TPSA) is 94.6 Å². The molecule has 4 aromatic rings. The number of para-hydroxylation sites is 2. The largest absolute Gasteiger partial charge is 0.493 e. The number of rotatable bonds is 10. The summed E-state index contributed by atoms with van der Waals surface area (Å²) in [5, 5.41) is 0. The van der Waals surface area contributed by atoms with Crippen molar-refractivity contribution in [1.82, 2.24) is 19.4 Å². The molecule has 0 saturated carbocycles. The second kappa shape index (κ2) is 15.3. The third-order valence-electron chi connectivity index (χ3n) is 10.0. The summed E-state index contributed by atoms with van der Waals surface area (Å²) in [6.07, 6.45) is 5.33. The summed E-state index contributed by atoms with van der Waals surface area (Å²) in [5.41, 5.74) is 6.33. The van der Waals surface area contributed by atoms with Gasteiger partial charge in [-0.25, -0.2) is 4.98 Å². The predicted octanol–water partition coefficient (Wildman–Crippen LogP) is 5.89. The lowest BCUT2D eigenvalue weighted by atomic mass is 9.76. The van der Waals surface area contributed by atoms with Crippen LogP contribution in [0.1, 0.15) is 54.6 Å². The Morgan fingerprint density at radius 1 is 0.938 bits per heavy atom. The molecule has 2 fully saturated rings. The average Bonchev–Trinajstić information content (AvgIpc) is 3.61. The molecule has 2 aliphatic rings. The molecule has 2 saturated heterocycles. The maximum atomic E-state index is 13.9. The SMILES string of the molecule is COc1cc(C(=O)N2CCC(CCN3CCCN(c4nc5ccccc5n4CC=C(C)C)CC3)(c3ccccc3)C2)cc(C)c1OC.O. The molecular weight excluding hydrogens is 602 g/mol. The lowest BCUT2D eigenvalue weighted by Gasteiger charge is -2.33. The number of nitrogens with zero attached hydrogens (tertiary/aromatic N) is 5. The number of aryl methyl sites for hydroxylation is 1. The first-order valence-electron chi connectivity index (χ1n) is 17.0. The van der Waals surface area contributed by atoms with Gasteiger partial charge in [0.05, 0.1) is 25.3 Å². The number of ether oxygens (including phenoxy) is 2. The van der Waals surface area contributed by atoms with Crippen LogP contribution in [0, 0.1) is 6.92 Å². The van der Waals surface area contributed by atoms with E-state index in [1.807, 2.05) is 24.0 Å². The van der Waals surface area contributed by atoms with Crippen LogP contribution in [0.15, 0.2) is 78.4 Å². The third-order valence-corrected chi connectivity index (χ3v) is 10.0. The highest BCUT2D eigenvalue weighted by Crippen LogP contribution is 2.40. The Bertz CT molecular complexity index is 1730. The van der Waals surface area contributed by atoms with E-state index in [2.05, 4.69) is 88.9 Å². The van der Waals surface area contributed by atoms with Gasteiger partial charge in [0.25, 0.3) is 5.91 Å². The molecule has 2 aliphatic heterocycles. The summed E-state index contributed by atoms with van der Waals surface area (Å²) >= 11 is 0. The number of carbonyl (C=O) groups excluding carboxylic acids is 1. The Hall–Kier alpha value is -4.34. The molecule has 0 radical (unpaired) electrons. The minimum absolute atomic E-state index is 0. The fraction of sp³-hybridized carbons (Fsp3) is 0.436. The van der Waals surface area contributed by atoms with Crippen molar-refractivity contribution in [3.05, 3.63) is 95.1 Å². The minimum atomic E-state index is -0.0904. The van der Waals surface area contributed by atoms with Crippen LogP contribution >= 0.6 is 0 Å². The molecule has 1 aromatic heterocycles. The van der Waals surface area contributed by atoms with E-state index in [-0.39, 0.29) is 16.8 Å². The highest BCUT2D eigenvalue weighted by Gasteiger charge is 2.41. The van der Waals surface area contributed by atoms with Crippen LogP contribution in [0.5, 0.6) is 11.5 Å². The van der Waals surface area contributed by atoms with Crippen molar-refractivity contribution in [2.24, 2.45) is 0 Å². The summed E-state index contributed by atoms with van der Waals surface area (Å²) in [4.78, 5) is 26.1. The van der Waals surface area contributed by atoms with E-state index in [9.17, 15) is 4.79 Å². The number of aromatic nitrogens is 2. The third kappa shape index (κ3) is 7.22. The smallest absolute Gasteiger partial charge is 0.254 e. The molecule has 9 nitrogen and oxygen atoms in total. The molecule has 1 unspecified atom stereocenters. The fourth-order valence-electron chi connectivity index (χ4n) is 7.41. The van der Waals surface area contributed by atoms with Crippen molar-refractivity contribution < 1.29 is 19.7 Å². The lowest BCUT2D eigenvalue weighted by Crippen LogP contribution is -2.39. The second-order valence-electron chi connectivity index (χ2n) is 13.4. The summed E-state index contributed by atoms with van der Waals surface area (Å²) in [7, 11) is 3.25. The molecule has 256 valence electrons. The van der Waals surface area contributed by atoms with Crippen molar-refractivity contribution in [2.45, 2.75) is 52.0 Å². The number of hydrogen-bond acceptors (Lipinski definition) is 6. The van der Waals surface area contributed by atoms with Crippen LogP contribution in [0.25, 0.3) is 11.0 Å². The zero-order chi connectivity index (χ0) is 33.0. The van der Waals surface area contributed by atoms with E-state index < -0.39 is 0 Å². The van der Waals surface area contributed by atoms with E-state index in [1.165, 1.54) is 16.7 Å². The monoisotopic (exact) mass is 653 g/mol. The predicted molar refractivity (Wildman–Crippen MR) is 194 cm³/mol. The Balaban J connectivity index is 0.00000451. The molecular formula is C39H51N5O4. The molecule has 6 rings (SSSR count). The molecule has 1 atom stereocenters. The molecule has 0 spiro atoms. The van der Waals surface area contributed by atoms with Crippen molar-refractivity contribution in [2.75, 3.05) is 64.9 Å². The van der Waals surface area contributed by atoms with Crippen LogP contribution in [-0.2, 0) is 12.0 Å². The molecule has 1 amide bonds. The van der Waals surface area contributed by atoms with Crippen LogP contribution in [0.4, 0.5) is 5.95 Å². The summed E-state index contributed by atoms with van der Waals surface area (Å²) in [6.45, 7) is 13.5. The number of benzene rings is 3. The normalized spacial score (nSPS) is 18.4. The van der Waals surface area contributed by atoms with Crippen molar-refractivity contribution in [3.63, 3.8) is 0 Å². The van der Waals surface area contributed by atoms with E-state index in [0.717, 1.165) is 82.1 Å². The maximum Gasteiger partial charge on any atom is 0.254 e. The van der Waals surface area contributed by atoms with Gasteiger partial charge in [-0.05, 0) is 88.5 Å². The second-order valence-corrected chi connectivity index (χ2v) is 13.4. The number of carbonyl (C=O) groups is 1. The van der Waals surface area contributed by atoms with Gasteiger partial charge >= 0.3 is 0 Å². The number of hydrogen-bond donors (Lipinski definition) is 0. The van der Waals surface area contributed by atoms with Gasteiger partial charge < -0.3 is 34.2 Å². The first-order chi connectivity index (χ1) is 22.8.